The third-order valence-corrected chi connectivity index (χ3v) is 3.91. The molecule has 1 aromatic carbocycles. The van der Waals surface area contributed by atoms with Crippen molar-refractivity contribution in [3.63, 3.8) is 0 Å². The van der Waals surface area contributed by atoms with Crippen LogP contribution in [0, 0.1) is 17.7 Å². The lowest BCUT2D eigenvalue weighted by atomic mass is 9.82. The molecule has 1 fully saturated rings. The molecule has 2 aliphatic rings. The van der Waals surface area contributed by atoms with E-state index in [9.17, 15) is 19.1 Å². The molecule has 2 N–H and O–H groups in total. The zero-order valence-corrected chi connectivity index (χ0v) is 11.4. The Balaban J connectivity index is 1.82. The highest BCUT2D eigenvalue weighted by molar-refractivity contribution is 6.30. The molecule has 1 amide bonds. The van der Waals surface area contributed by atoms with Crippen molar-refractivity contribution in [3.8, 4) is 0 Å². The predicted octanol–water partition coefficient (Wildman–Crippen LogP) is 2.07. The highest BCUT2D eigenvalue weighted by atomic mass is 35.5. The van der Waals surface area contributed by atoms with E-state index in [4.69, 9.17) is 16.3 Å². The lowest BCUT2D eigenvalue weighted by molar-refractivity contribution is -0.145. The van der Waals surface area contributed by atoms with Crippen LogP contribution in [0.3, 0.4) is 0 Å². The van der Waals surface area contributed by atoms with Gasteiger partial charge in [-0.1, -0.05) is 23.8 Å². The number of carboxylic acids is 1. The topological polar surface area (TPSA) is 75.6 Å². The van der Waals surface area contributed by atoms with Gasteiger partial charge in [0.25, 0.3) is 0 Å². The van der Waals surface area contributed by atoms with E-state index >= 15 is 0 Å². The number of carbonyl (C=O) groups is 2. The summed E-state index contributed by atoms with van der Waals surface area (Å²) in [5.41, 5.74) is -0.0414. The lowest BCUT2D eigenvalue weighted by Crippen LogP contribution is -2.39. The van der Waals surface area contributed by atoms with Gasteiger partial charge in [-0.2, -0.15) is 0 Å². The number of carboxylic acid groups (broad SMARTS) is 1. The second kappa shape index (κ2) is 5.13. The Morgan fingerprint density at radius 2 is 1.90 bits per heavy atom. The first-order valence-corrected chi connectivity index (χ1v) is 6.67. The molecule has 1 aromatic rings. The molecule has 3 rings (SSSR count). The summed E-state index contributed by atoms with van der Waals surface area (Å²) in [5, 5.41) is 11.8. The summed E-state index contributed by atoms with van der Waals surface area (Å²) in [6.07, 6.45) is 2.09. The van der Waals surface area contributed by atoms with Gasteiger partial charge in [-0.25, -0.2) is 4.39 Å². The number of nitrogens with one attached hydrogen (secondary N) is 1. The first-order valence-electron chi connectivity index (χ1n) is 6.30. The number of carbonyl (C=O) groups excluding carboxylic acids is 1. The lowest BCUT2D eigenvalue weighted by Gasteiger charge is -2.21. The van der Waals surface area contributed by atoms with Gasteiger partial charge in [0.15, 0.2) is 0 Å². The molecular formula is C14H11ClFNO4. The van der Waals surface area contributed by atoms with Gasteiger partial charge in [0, 0.05) is 5.02 Å². The Morgan fingerprint density at radius 1 is 1.24 bits per heavy atom. The largest absolute Gasteiger partial charge is 0.481 e. The Labute approximate surface area is 124 Å². The minimum atomic E-state index is -1.11. The van der Waals surface area contributed by atoms with E-state index in [1.807, 2.05) is 0 Å². The first-order chi connectivity index (χ1) is 9.97. The molecule has 5 nitrogen and oxygen atoms in total. The van der Waals surface area contributed by atoms with Crippen LogP contribution in [0.4, 0.5) is 10.1 Å². The first kappa shape index (κ1) is 14.0. The monoisotopic (exact) mass is 311 g/mol. The molecule has 0 aliphatic carbocycles. The summed E-state index contributed by atoms with van der Waals surface area (Å²) in [7, 11) is 0. The van der Waals surface area contributed by atoms with Crippen LogP contribution in [-0.4, -0.2) is 29.2 Å². The van der Waals surface area contributed by atoms with E-state index < -0.39 is 41.7 Å². The number of rotatable bonds is 3. The number of ether oxygens (including phenoxy) is 1. The van der Waals surface area contributed by atoms with Gasteiger partial charge in [0.05, 0.1) is 23.8 Å². The molecular weight excluding hydrogens is 301 g/mol. The average molecular weight is 312 g/mol. The van der Waals surface area contributed by atoms with Crippen LogP contribution >= 0.6 is 11.6 Å². The standard InChI is InChI=1S/C14H11ClFNO4/c15-6-1-2-8(7(16)5-6)17-13(18)11-9-3-4-10(21-9)12(11)14(19)20/h1-5,9-12H,(H,17,18)(H,19,20)/t9-,10-,11+,12+/m1/s1. The number of anilines is 1. The molecule has 0 aromatic heterocycles. The quantitative estimate of drug-likeness (QED) is 0.838. The minimum Gasteiger partial charge on any atom is -0.481 e. The summed E-state index contributed by atoms with van der Waals surface area (Å²) < 4.78 is 19.1. The van der Waals surface area contributed by atoms with Crippen LogP contribution in [0.2, 0.25) is 5.02 Å². The number of halogens is 2. The van der Waals surface area contributed by atoms with Crippen LogP contribution in [0.1, 0.15) is 0 Å². The summed E-state index contributed by atoms with van der Waals surface area (Å²) >= 11 is 5.64. The molecule has 1 saturated heterocycles. The third kappa shape index (κ3) is 2.41. The van der Waals surface area contributed by atoms with E-state index in [2.05, 4.69) is 5.32 Å². The maximum Gasteiger partial charge on any atom is 0.310 e. The van der Waals surface area contributed by atoms with Crippen LogP contribution in [-0.2, 0) is 14.3 Å². The summed E-state index contributed by atoms with van der Waals surface area (Å²) in [5.74, 6) is -4.21. The molecule has 0 spiro atoms. The molecule has 2 bridgehead atoms. The second-order valence-electron chi connectivity index (χ2n) is 4.95. The number of benzene rings is 1. The Morgan fingerprint density at radius 3 is 2.52 bits per heavy atom. The molecule has 0 unspecified atom stereocenters. The van der Waals surface area contributed by atoms with Crippen molar-refractivity contribution in [2.75, 3.05) is 5.32 Å². The number of amides is 1. The van der Waals surface area contributed by atoms with Crippen molar-refractivity contribution in [2.45, 2.75) is 12.2 Å². The number of hydrogen-bond donors (Lipinski definition) is 2. The van der Waals surface area contributed by atoms with E-state index in [1.165, 1.54) is 12.1 Å². The smallest absolute Gasteiger partial charge is 0.310 e. The molecule has 2 aliphatic heterocycles. The molecule has 7 heteroatoms. The molecule has 2 heterocycles. The van der Waals surface area contributed by atoms with Crippen molar-refractivity contribution in [2.24, 2.45) is 11.8 Å². The molecule has 110 valence electrons. The summed E-state index contributed by atoms with van der Waals surface area (Å²) in [6, 6.07) is 3.84. The fourth-order valence-electron chi connectivity index (χ4n) is 2.72. The van der Waals surface area contributed by atoms with Gasteiger partial charge < -0.3 is 15.2 Å². The number of fused-ring (bicyclic) bond motifs is 2. The summed E-state index contributed by atoms with van der Waals surface area (Å²) in [6.45, 7) is 0. The van der Waals surface area contributed by atoms with Gasteiger partial charge in [-0.15, -0.1) is 0 Å². The van der Waals surface area contributed by atoms with Crippen LogP contribution in [0.25, 0.3) is 0 Å². The predicted molar refractivity (Wildman–Crippen MR) is 72.5 cm³/mol. The van der Waals surface area contributed by atoms with Crippen LogP contribution in [0.5, 0.6) is 0 Å². The average Bonchev–Trinajstić information content (AvgIpc) is 3.02. The highest BCUT2D eigenvalue weighted by Crippen LogP contribution is 2.40. The fraction of sp³-hybridized carbons (Fsp3) is 0.286. The highest BCUT2D eigenvalue weighted by Gasteiger charge is 2.53. The van der Waals surface area contributed by atoms with E-state index in [0.717, 1.165) is 6.07 Å². The maximum absolute atomic E-state index is 13.7. The van der Waals surface area contributed by atoms with Gasteiger partial charge in [0.1, 0.15) is 11.7 Å². The molecule has 21 heavy (non-hydrogen) atoms. The van der Waals surface area contributed by atoms with Crippen LogP contribution in [0.15, 0.2) is 30.4 Å². The van der Waals surface area contributed by atoms with Gasteiger partial charge in [-0.3, -0.25) is 9.59 Å². The third-order valence-electron chi connectivity index (χ3n) is 3.68. The van der Waals surface area contributed by atoms with Gasteiger partial charge in [-0.05, 0) is 18.2 Å². The molecule has 0 radical (unpaired) electrons. The van der Waals surface area contributed by atoms with Crippen molar-refractivity contribution in [1.29, 1.82) is 0 Å². The SMILES string of the molecule is O=C(O)[C@@H]1[C@@H](C(=O)Nc2ccc(Cl)cc2F)[C@H]2C=C[C@H]1O2. The Bertz CT molecular complexity index is 648. The molecule has 4 atom stereocenters. The zero-order chi connectivity index (χ0) is 15.1. The van der Waals surface area contributed by atoms with Crippen molar-refractivity contribution in [1.82, 2.24) is 0 Å². The van der Waals surface area contributed by atoms with E-state index in [1.54, 1.807) is 12.2 Å². The minimum absolute atomic E-state index is 0.0414. The fourth-order valence-corrected chi connectivity index (χ4v) is 2.88. The molecule has 0 saturated carbocycles. The van der Waals surface area contributed by atoms with Crippen LogP contribution < -0.4 is 5.32 Å². The van der Waals surface area contributed by atoms with Gasteiger partial charge in [0.2, 0.25) is 5.91 Å². The zero-order valence-electron chi connectivity index (χ0n) is 10.6. The van der Waals surface area contributed by atoms with E-state index in [-0.39, 0.29) is 10.7 Å². The Hall–Kier alpha value is -1.92. The number of aliphatic carboxylic acids is 1. The summed E-state index contributed by atoms with van der Waals surface area (Å²) in [4.78, 5) is 23.6. The van der Waals surface area contributed by atoms with Gasteiger partial charge >= 0.3 is 5.97 Å². The Kier molecular flexibility index (Phi) is 3.43. The maximum atomic E-state index is 13.7. The normalized spacial score (nSPS) is 29.6. The van der Waals surface area contributed by atoms with Crippen molar-refractivity contribution < 1.29 is 23.8 Å². The number of hydrogen-bond acceptors (Lipinski definition) is 3. The van der Waals surface area contributed by atoms with E-state index in [0.29, 0.717) is 0 Å². The van der Waals surface area contributed by atoms with Crippen molar-refractivity contribution in [3.05, 3.63) is 41.2 Å². The van der Waals surface area contributed by atoms with Crippen molar-refractivity contribution >= 4 is 29.2 Å². The second-order valence-corrected chi connectivity index (χ2v) is 5.39.